The summed E-state index contributed by atoms with van der Waals surface area (Å²) in [7, 11) is 0. The zero-order valence-corrected chi connectivity index (χ0v) is 9.03. The Kier molecular flexibility index (Phi) is 2.73. The maximum Gasteiger partial charge on any atom is 0.239 e. The van der Waals surface area contributed by atoms with Crippen LogP contribution in [0.5, 0.6) is 0 Å². The first kappa shape index (κ1) is 10.2. The fraction of sp³-hybridized carbons (Fsp3) is 0.417. The Balaban J connectivity index is 1.92. The molecule has 1 amide bonds. The maximum atomic E-state index is 11.6. The summed E-state index contributed by atoms with van der Waals surface area (Å²) < 4.78 is 0. The van der Waals surface area contributed by atoms with E-state index < -0.39 is 0 Å². The summed E-state index contributed by atoms with van der Waals surface area (Å²) in [6.07, 6.45) is 0. The molecule has 1 saturated heterocycles. The molecule has 2 rings (SSSR count). The quantitative estimate of drug-likeness (QED) is 0.727. The standard InChI is InChI=1S/C12H16N2O/c1-8(10-6-4-3-5-7-10)14-12(15)11-9(2)13-11/h3-9,11,13H,1-2H3,(H,14,15)/t8-,9+,11+/m0/s1. The van der Waals surface area contributed by atoms with E-state index in [0.29, 0.717) is 6.04 Å². The van der Waals surface area contributed by atoms with Gasteiger partial charge in [-0.15, -0.1) is 0 Å². The highest BCUT2D eigenvalue weighted by Gasteiger charge is 2.38. The number of carbonyl (C=O) groups excluding carboxylic acids is 1. The monoisotopic (exact) mass is 204 g/mol. The first-order valence-electron chi connectivity index (χ1n) is 5.30. The number of hydrogen-bond donors (Lipinski definition) is 2. The highest BCUT2D eigenvalue weighted by Crippen LogP contribution is 2.14. The Bertz CT molecular complexity index is 350. The summed E-state index contributed by atoms with van der Waals surface area (Å²) in [5.74, 6) is 0.0962. The molecule has 1 aliphatic rings. The molecule has 0 unspecified atom stereocenters. The van der Waals surface area contributed by atoms with E-state index in [-0.39, 0.29) is 18.0 Å². The molecular formula is C12H16N2O. The van der Waals surface area contributed by atoms with Crippen molar-refractivity contribution in [3.05, 3.63) is 35.9 Å². The van der Waals surface area contributed by atoms with E-state index in [1.165, 1.54) is 0 Å². The van der Waals surface area contributed by atoms with Gasteiger partial charge < -0.3 is 5.32 Å². The minimum absolute atomic E-state index is 0.0103. The van der Waals surface area contributed by atoms with E-state index in [9.17, 15) is 4.79 Å². The van der Waals surface area contributed by atoms with Crippen molar-refractivity contribution in [2.75, 3.05) is 0 Å². The number of amides is 1. The van der Waals surface area contributed by atoms with Gasteiger partial charge in [0.15, 0.2) is 0 Å². The molecule has 3 heteroatoms. The maximum absolute atomic E-state index is 11.6. The van der Waals surface area contributed by atoms with Gasteiger partial charge in [-0.2, -0.15) is 0 Å². The van der Waals surface area contributed by atoms with E-state index >= 15 is 0 Å². The third-order valence-corrected chi connectivity index (χ3v) is 2.77. The molecule has 1 fully saturated rings. The molecule has 0 bridgehead atoms. The lowest BCUT2D eigenvalue weighted by Gasteiger charge is -2.13. The van der Waals surface area contributed by atoms with Crippen LogP contribution in [0.3, 0.4) is 0 Å². The van der Waals surface area contributed by atoms with E-state index in [0.717, 1.165) is 5.56 Å². The summed E-state index contributed by atoms with van der Waals surface area (Å²) in [5.41, 5.74) is 1.14. The number of carbonyl (C=O) groups is 1. The Morgan fingerprint density at radius 1 is 1.40 bits per heavy atom. The second-order valence-electron chi connectivity index (χ2n) is 4.07. The second-order valence-corrected chi connectivity index (χ2v) is 4.07. The molecule has 1 aromatic carbocycles. The van der Waals surface area contributed by atoms with Gasteiger partial charge in [-0.3, -0.25) is 10.1 Å². The van der Waals surface area contributed by atoms with Crippen molar-refractivity contribution in [2.24, 2.45) is 0 Å². The molecule has 3 nitrogen and oxygen atoms in total. The lowest BCUT2D eigenvalue weighted by molar-refractivity contribution is -0.121. The van der Waals surface area contributed by atoms with Gasteiger partial charge in [0.05, 0.1) is 6.04 Å². The molecule has 0 saturated carbocycles. The fourth-order valence-electron chi connectivity index (χ4n) is 1.66. The summed E-state index contributed by atoms with van der Waals surface area (Å²) in [4.78, 5) is 11.6. The number of benzene rings is 1. The molecule has 0 spiro atoms. The smallest absolute Gasteiger partial charge is 0.239 e. The van der Waals surface area contributed by atoms with Crippen LogP contribution < -0.4 is 10.6 Å². The van der Waals surface area contributed by atoms with Crippen molar-refractivity contribution >= 4 is 5.91 Å². The predicted molar refractivity (Wildman–Crippen MR) is 59.4 cm³/mol. The predicted octanol–water partition coefficient (Wildman–Crippen LogP) is 1.22. The number of rotatable bonds is 3. The third kappa shape index (κ3) is 2.36. The molecule has 0 aliphatic carbocycles. The van der Waals surface area contributed by atoms with Gasteiger partial charge >= 0.3 is 0 Å². The summed E-state index contributed by atoms with van der Waals surface area (Å²) in [6.45, 7) is 4.01. The zero-order valence-electron chi connectivity index (χ0n) is 9.03. The molecule has 1 heterocycles. The lowest BCUT2D eigenvalue weighted by Crippen LogP contribution is -2.32. The van der Waals surface area contributed by atoms with Crippen molar-refractivity contribution < 1.29 is 4.79 Å². The summed E-state index contributed by atoms with van der Waals surface area (Å²) in [5, 5.41) is 6.06. The van der Waals surface area contributed by atoms with Crippen molar-refractivity contribution in [3.8, 4) is 0 Å². The number of hydrogen-bond acceptors (Lipinski definition) is 2. The van der Waals surface area contributed by atoms with Crippen LogP contribution in [0.4, 0.5) is 0 Å². The minimum atomic E-state index is 0.0103. The average Bonchev–Trinajstić information content (AvgIpc) is 2.97. The first-order valence-corrected chi connectivity index (χ1v) is 5.30. The van der Waals surface area contributed by atoms with E-state index in [2.05, 4.69) is 10.6 Å². The van der Waals surface area contributed by atoms with Gasteiger partial charge in [0, 0.05) is 6.04 Å². The first-order chi connectivity index (χ1) is 7.18. The van der Waals surface area contributed by atoms with Crippen molar-refractivity contribution in [1.82, 2.24) is 10.6 Å². The Morgan fingerprint density at radius 2 is 2.00 bits per heavy atom. The van der Waals surface area contributed by atoms with Gasteiger partial charge in [-0.1, -0.05) is 30.3 Å². The van der Waals surface area contributed by atoms with Crippen LogP contribution in [0.25, 0.3) is 0 Å². The molecule has 1 aliphatic heterocycles. The van der Waals surface area contributed by atoms with E-state index in [1.807, 2.05) is 44.2 Å². The summed E-state index contributed by atoms with van der Waals surface area (Å²) in [6, 6.07) is 10.4. The highest BCUT2D eigenvalue weighted by molar-refractivity contribution is 5.85. The molecule has 2 N–H and O–H groups in total. The molecular weight excluding hydrogens is 188 g/mol. The van der Waals surface area contributed by atoms with Crippen LogP contribution in [0.2, 0.25) is 0 Å². The minimum Gasteiger partial charge on any atom is -0.348 e. The van der Waals surface area contributed by atoms with Crippen molar-refractivity contribution in [3.63, 3.8) is 0 Å². The van der Waals surface area contributed by atoms with E-state index in [1.54, 1.807) is 0 Å². The van der Waals surface area contributed by atoms with Gasteiger partial charge in [0.1, 0.15) is 6.04 Å². The summed E-state index contributed by atoms with van der Waals surface area (Å²) >= 11 is 0. The van der Waals surface area contributed by atoms with Crippen LogP contribution in [-0.2, 0) is 4.79 Å². The molecule has 3 atom stereocenters. The largest absolute Gasteiger partial charge is 0.348 e. The van der Waals surface area contributed by atoms with Gasteiger partial charge in [0.2, 0.25) is 5.91 Å². The Morgan fingerprint density at radius 3 is 2.53 bits per heavy atom. The van der Waals surface area contributed by atoms with E-state index in [4.69, 9.17) is 0 Å². The SMILES string of the molecule is C[C@H](NC(=O)[C@@H]1N[C@@H]1C)c1ccccc1. The average molecular weight is 204 g/mol. The van der Waals surface area contributed by atoms with Crippen LogP contribution >= 0.6 is 0 Å². The second kappa shape index (κ2) is 4.03. The lowest BCUT2D eigenvalue weighted by atomic mass is 10.1. The van der Waals surface area contributed by atoms with Crippen molar-refractivity contribution in [2.45, 2.75) is 32.0 Å². The zero-order chi connectivity index (χ0) is 10.8. The van der Waals surface area contributed by atoms with Crippen LogP contribution in [-0.4, -0.2) is 18.0 Å². The van der Waals surface area contributed by atoms with Gasteiger partial charge in [-0.05, 0) is 19.4 Å². The highest BCUT2D eigenvalue weighted by atomic mass is 16.2. The molecule has 80 valence electrons. The Labute approximate surface area is 89.9 Å². The van der Waals surface area contributed by atoms with Crippen molar-refractivity contribution in [1.29, 1.82) is 0 Å². The van der Waals surface area contributed by atoms with Crippen LogP contribution in [0.15, 0.2) is 30.3 Å². The third-order valence-electron chi connectivity index (χ3n) is 2.77. The van der Waals surface area contributed by atoms with Gasteiger partial charge in [0.25, 0.3) is 0 Å². The topological polar surface area (TPSA) is 51.0 Å². The molecule has 15 heavy (non-hydrogen) atoms. The van der Waals surface area contributed by atoms with Crippen LogP contribution in [0, 0.1) is 0 Å². The Hall–Kier alpha value is -1.35. The molecule has 0 aromatic heterocycles. The molecule has 1 aromatic rings. The number of nitrogens with one attached hydrogen (secondary N) is 2. The fourth-order valence-corrected chi connectivity index (χ4v) is 1.66. The molecule has 0 radical (unpaired) electrons. The van der Waals surface area contributed by atoms with Crippen LogP contribution in [0.1, 0.15) is 25.5 Å². The van der Waals surface area contributed by atoms with Gasteiger partial charge in [-0.25, -0.2) is 0 Å². The normalized spacial score (nSPS) is 25.7.